The lowest BCUT2D eigenvalue weighted by Crippen LogP contribution is -2.42. The number of nitrogens with zero attached hydrogens (tertiary/aromatic N) is 4. The van der Waals surface area contributed by atoms with Crippen molar-refractivity contribution in [3.05, 3.63) is 66.6 Å². The summed E-state index contributed by atoms with van der Waals surface area (Å²) in [5.41, 5.74) is -0.0491. The van der Waals surface area contributed by atoms with Crippen molar-refractivity contribution in [3.63, 3.8) is 0 Å². The monoisotopic (exact) mass is 527 g/mol. The van der Waals surface area contributed by atoms with Crippen LogP contribution >= 0.6 is 0 Å². The summed E-state index contributed by atoms with van der Waals surface area (Å²) in [5.74, 6) is 0.245. The second kappa shape index (κ2) is 10.1. The molecule has 4 rings (SSSR count). The van der Waals surface area contributed by atoms with Gasteiger partial charge in [0.1, 0.15) is 17.8 Å². The van der Waals surface area contributed by atoms with Gasteiger partial charge in [-0.1, -0.05) is 0 Å². The number of anilines is 4. The van der Waals surface area contributed by atoms with E-state index in [9.17, 15) is 22.7 Å². The first-order chi connectivity index (χ1) is 17.4. The van der Waals surface area contributed by atoms with Crippen molar-refractivity contribution in [1.82, 2.24) is 24.9 Å². The van der Waals surface area contributed by atoms with Gasteiger partial charge >= 0.3 is 0 Å². The number of hydrogen-bond acceptors (Lipinski definition) is 9. The Morgan fingerprint density at radius 3 is 2.54 bits per heavy atom. The van der Waals surface area contributed by atoms with Gasteiger partial charge < -0.3 is 21.1 Å². The Balaban J connectivity index is 1.62. The normalized spacial score (nSPS) is 12.8. The van der Waals surface area contributed by atoms with Crippen LogP contribution in [0.2, 0.25) is 0 Å². The molecule has 1 atom stereocenters. The molecule has 0 fully saturated rings. The van der Waals surface area contributed by atoms with Gasteiger partial charge in [-0.05, 0) is 44.2 Å². The summed E-state index contributed by atoms with van der Waals surface area (Å²) in [6.45, 7) is 2.23. The molecule has 13 heteroatoms. The van der Waals surface area contributed by atoms with E-state index in [1.165, 1.54) is 32.2 Å². The topological polar surface area (TPSA) is 151 Å². The Morgan fingerprint density at radius 2 is 1.86 bits per heavy atom. The second-order valence-corrected chi connectivity index (χ2v) is 11.0. The molecule has 1 amide bonds. The van der Waals surface area contributed by atoms with Crippen molar-refractivity contribution in [2.75, 3.05) is 23.4 Å². The Hall–Kier alpha value is -4.10. The Kier molecular flexibility index (Phi) is 7.09. The minimum absolute atomic E-state index is 0.111. The Morgan fingerprint density at radius 1 is 1.14 bits per heavy atom. The van der Waals surface area contributed by atoms with Gasteiger partial charge in [0, 0.05) is 36.5 Å². The van der Waals surface area contributed by atoms with E-state index in [4.69, 9.17) is 0 Å². The zero-order valence-electron chi connectivity index (χ0n) is 20.3. The van der Waals surface area contributed by atoms with Crippen molar-refractivity contribution >= 4 is 44.4 Å². The largest absolute Gasteiger partial charge is 0.387 e. The molecule has 0 aliphatic carbocycles. The number of nitrogens with one attached hydrogen (secondary N) is 3. The van der Waals surface area contributed by atoms with Gasteiger partial charge in [0.2, 0.25) is 0 Å². The first-order valence-corrected chi connectivity index (χ1v) is 13.1. The molecular formula is C24H26FN7O4S. The molecule has 4 aromatic rings. The van der Waals surface area contributed by atoms with Crippen LogP contribution in [-0.2, 0) is 9.84 Å². The van der Waals surface area contributed by atoms with E-state index < -0.39 is 34.1 Å². The van der Waals surface area contributed by atoms with E-state index in [0.29, 0.717) is 28.7 Å². The first-order valence-electron chi connectivity index (χ1n) is 11.2. The summed E-state index contributed by atoms with van der Waals surface area (Å²) in [4.78, 5) is 21.8. The molecular weight excluding hydrogens is 501 g/mol. The first kappa shape index (κ1) is 26.0. The summed E-state index contributed by atoms with van der Waals surface area (Å²) in [6.07, 6.45) is 4.09. The number of benzene rings is 1. The molecule has 0 saturated carbocycles. The molecule has 37 heavy (non-hydrogen) atoms. The number of aromatic nitrogens is 4. The number of aliphatic hydroxyl groups is 1. The maximum Gasteiger partial charge on any atom is 0.255 e. The number of rotatable bonds is 9. The molecule has 1 aromatic carbocycles. The minimum Gasteiger partial charge on any atom is -0.387 e. The molecule has 194 valence electrons. The van der Waals surface area contributed by atoms with Gasteiger partial charge in [0.05, 0.1) is 34.5 Å². The predicted molar refractivity (Wildman–Crippen MR) is 137 cm³/mol. The predicted octanol–water partition coefficient (Wildman–Crippen LogP) is 2.85. The maximum absolute atomic E-state index is 14.2. The van der Waals surface area contributed by atoms with Crippen LogP contribution in [-0.4, -0.2) is 63.6 Å². The lowest BCUT2D eigenvalue weighted by molar-refractivity contribution is -0.00177. The van der Waals surface area contributed by atoms with Crippen molar-refractivity contribution in [3.8, 4) is 0 Å². The highest BCUT2D eigenvalue weighted by Crippen LogP contribution is 2.26. The molecule has 0 aliphatic heterocycles. The van der Waals surface area contributed by atoms with E-state index in [0.717, 1.165) is 6.26 Å². The molecule has 0 aliphatic rings. The highest BCUT2D eigenvalue weighted by Gasteiger charge is 2.27. The molecule has 3 aromatic heterocycles. The molecule has 0 saturated heterocycles. The van der Waals surface area contributed by atoms with Crippen LogP contribution in [0.1, 0.15) is 24.2 Å². The van der Waals surface area contributed by atoms with Crippen LogP contribution in [0.5, 0.6) is 0 Å². The average Bonchev–Trinajstić information content (AvgIpc) is 3.29. The van der Waals surface area contributed by atoms with Crippen molar-refractivity contribution < 1.29 is 22.7 Å². The van der Waals surface area contributed by atoms with E-state index in [2.05, 4.69) is 31.0 Å². The van der Waals surface area contributed by atoms with Gasteiger partial charge in [0.15, 0.2) is 15.5 Å². The van der Waals surface area contributed by atoms with Crippen molar-refractivity contribution in [1.29, 1.82) is 0 Å². The number of alkyl halides is 1. The second-order valence-electron chi connectivity index (χ2n) is 8.94. The number of carbonyl (C=O) groups excluding carboxylic acids is 1. The molecule has 4 N–H and O–H groups in total. The molecule has 1 unspecified atom stereocenters. The minimum atomic E-state index is -3.38. The van der Waals surface area contributed by atoms with Crippen LogP contribution in [0.3, 0.4) is 0 Å². The highest BCUT2D eigenvalue weighted by atomic mass is 32.2. The van der Waals surface area contributed by atoms with E-state index in [1.54, 1.807) is 47.2 Å². The summed E-state index contributed by atoms with van der Waals surface area (Å²) in [6, 6.07) is 11.0. The lowest BCUT2D eigenvalue weighted by atomic mass is 10.0. The summed E-state index contributed by atoms with van der Waals surface area (Å²) in [7, 11) is -3.38. The molecule has 0 spiro atoms. The van der Waals surface area contributed by atoms with Crippen LogP contribution in [0, 0.1) is 0 Å². The standard InChI is InChI=1S/C24H26FN7O4S/c1-24(2,34)19(25)14-27-23(33)17-13-26-21(30-20-9-11-32-22(31-20)8-10-28-32)12-18(17)29-15-4-6-16(7-5-15)37(3,35)36/h4-13,19,34H,14H2,1-3H3,(H,27,33)(H2,26,29,30,31). The zero-order valence-corrected chi connectivity index (χ0v) is 21.1. The van der Waals surface area contributed by atoms with E-state index >= 15 is 0 Å². The quantitative estimate of drug-likeness (QED) is 0.258. The summed E-state index contributed by atoms with van der Waals surface area (Å²) < 4.78 is 39.3. The van der Waals surface area contributed by atoms with E-state index in [1.807, 2.05) is 0 Å². The van der Waals surface area contributed by atoms with Gasteiger partial charge in [-0.25, -0.2) is 27.3 Å². The number of halogens is 1. The average molecular weight is 528 g/mol. The van der Waals surface area contributed by atoms with Gasteiger partial charge in [0.25, 0.3) is 5.91 Å². The van der Waals surface area contributed by atoms with E-state index in [-0.39, 0.29) is 10.5 Å². The van der Waals surface area contributed by atoms with Crippen LogP contribution < -0.4 is 16.0 Å². The Bertz CT molecular complexity index is 1530. The number of hydrogen-bond donors (Lipinski definition) is 4. The van der Waals surface area contributed by atoms with Gasteiger partial charge in [-0.2, -0.15) is 5.10 Å². The molecule has 11 nitrogen and oxygen atoms in total. The smallest absolute Gasteiger partial charge is 0.255 e. The van der Waals surface area contributed by atoms with Crippen LogP contribution in [0.4, 0.5) is 27.4 Å². The fraction of sp³-hybridized carbons (Fsp3) is 0.250. The zero-order chi connectivity index (χ0) is 26.8. The van der Waals surface area contributed by atoms with Crippen molar-refractivity contribution in [2.24, 2.45) is 0 Å². The number of amides is 1. The molecule has 3 heterocycles. The number of carbonyl (C=O) groups is 1. The molecule has 0 radical (unpaired) electrons. The number of pyridine rings is 1. The summed E-state index contributed by atoms with van der Waals surface area (Å²) in [5, 5.41) is 22.5. The van der Waals surface area contributed by atoms with Crippen LogP contribution in [0.25, 0.3) is 5.65 Å². The molecule has 0 bridgehead atoms. The highest BCUT2D eigenvalue weighted by molar-refractivity contribution is 7.90. The third-order valence-electron chi connectivity index (χ3n) is 5.43. The number of fused-ring (bicyclic) bond motifs is 1. The van der Waals surface area contributed by atoms with Crippen LogP contribution in [0.15, 0.2) is 66.0 Å². The fourth-order valence-electron chi connectivity index (χ4n) is 3.29. The van der Waals surface area contributed by atoms with Gasteiger partial charge in [-0.15, -0.1) is 0 Å². The Labute approximate surface area is 212 Å². The number of sulfone groups is 1. The third kappa shape index (κ3) is 6.37. The SMILES string of the molecule is CC(C)(O)C(F)CNC(=O)c1cnc(Nc2ccn3nccc3n2)cc1Nc1ccc(S(C)(=O)=O)cc1. The third-order valence-corrected chi connectivity index (χ3v) is 6.56. The maximum atomic E-state index is 14.2. The fourth-order valence-corrected chi connectivity index (χ4v) is 3.92. The van der Waals surface area contributed by atoms with Gasteiger partial charge in [-0.3, -0.25) is 4.79 Å². The van der Waals surface area contributed by atoms with Crippen molar-refractivity contribution in [2.45, 2.75) is 30.5 Å². The lowest BCUT2D eigenvalue weighted by Gasteiger charge is -2.22. The summed E-state index contributed by atoms with van der Waals surface area (Å²) >= 11 is 0.